The molecule has 0 spiro atoms. The summed E-state index contributed by atoms with van der Waals surface area (Å²) >= 11 is 0. The molecule has 0 unspecified atom stereocenters. The van der Waals surface area contributed by atoms with E-state index in [1.807, 2.05) is 18.2 Å². The highest BCUT2D eigenvalue weighted by atomic mass is 15.2. The molecule has 0 saturated carbocycles. The number of likely N-dealkylation sites (tertiary alicyclic amines) is 1. The first-order chi connectivity index (χ1) is 11.7. The minimum Gasteiger partial charge on any atom is -0.342 e. The molecule has 24 heavy (non-hydrogen) atoms. The van der Waals surface area contributed by atoms with E-state index in [4.69, 9.17) is 10.2 Å². The second-order valence-electron chi connectivity index (χ2n) is 6.67. The van der Waals surface area contributed by atoms with Gasteiger partial charge in [-0.2, -0.15) is 5.26 Å². The molecular formula is C20H20N4. The van der Waals surface area contributed by atoms with Gasteiger partial charge in [-0.25, -0.2) is 4.98 Å². The minimum atomic E-state index is 0.438. The van der Waals surface area contributed by atoms with Gasteiger partial charge in [0.15, 0.2) is 0 Å². The Labute approximate surface area is 141 Å². The largest absolute Gasteiger partial charge is 0.342 e. The molecule has 4 rings (SSSR count). The highest BCUT2D eigenvalue weighted by molar-refractivity contribution is 5.76. The Hall–Kier alpha value is -2.64. The maximum atomic E-state index is 9.02. The Morgan fingerprint density at radius 2 is 2.08 bits per heavy atom. The number of rotatable bonds is 3. The molecule has 2 heterocycles. The Balaban J connectivity index is 1.48. The van der Waals surface area contributed by atoms with Crippen LogP contribution in [0.25, 0.3) is 11.0 Å². The number of hydrogen-bond acceptors (Lipinski definition) is 3. The Bertz CT molecular complexity index is 902. The van der Waals surface area contributed by atoms with Gasteiger partial charge in [0.25, 0.3) is 0 Å². The van der Waals surface area contributed by atoms with Gasteiger partial charge in [0.05, 0.1) is 22.7 Å². The summed E-state index contributed by atoms with van der Waals surface area (Å²) in [5.74, 6) is 1.49. The fourth-order valence-electron chi connectivity index (χ4n) is 3.44. The van der Waals surface area contributed by atoms with E-state index in [9.17, 15) is 0 Å². The standard InChI is InChI=1S/C20H20N4/c1-14-2-4-15(5-3-14)12-24-9-8-17(13-24)20-22-18-7-6-16(11-21)10-19(18)23-20/h2-7,10,17H,8-9,12-13H2,1H3,(H,22,23)/t17-/m0/s1. The number of nitriles is 1. The number of nitrogens with zero attached hydrogens (tertiary/aromatic N) is 3. The van der Waals surface area contributed by atoms with Crippen molar-refractivity contribution in [1.82, 2.24) is 14.9 Å². The predicted molar refractivity (Wildman–Crippen MR) is 94.6 cm³/mol. The number of aromatic amines is 1. The van der Waals surface area contributed by atoms with E-state index in [1.165, 1.54) is 11.1 Å². The highest BCUT2D eigenvalue weighted by Gasteiger charge is 2.26. The zero-order chi connectivity index (χ0) is 16.5. The van der Waals surface area contributed by atoms with Gasteiger partial charge < -0.3 is 4.98 Å². The van der Waals surface area contributed by atoms with Crippen LogP contribution in [0.3, 0.4) is 0 Å². The van der Waals surface area contributed by atoms with Crippen LogP contribution in [0.15, 0.2) is 42.5 Å². The smallest absolute Gasteiger partial charge is 0.111 e. The number of aromatic nitrogens is 2. The fourth-order valence-corrected chi connectivity index (χ4v) is 3.44. The van der Waals surface area contributed by atoms with E-state index in [1.54, 1.807) is 0 Å². The molecule has 0 aliphatic carbocycles. The molecular weight excluding hydrogens is 296 g/mol. The summed E-state index contributed by atoms with van der Waals surface area (Å²) in [5, 5.41) is 9.02. The molecule has 2 aromatic carbocycles. The fraction of sp³-hybridized carbons (Fsp3) is 0.300. The third-order valence-corrected chi connectivity index (χ3v) is 4.82. The van der Waals surface area contributed by atoms with E-state index >= 15 is 0 Å². The molecule has 0 amide bonds. The van der Waals surface area contributed by atoms with Crippen molar-refractivity contribution in [2.45, 2.75) is 25.8 Å². The number of H-pyrrole nitrogens is 1. The number of imidazole rings is 1. The van der Waals surface area contributed by atoms with Crippen molar-refractivity contribution < 1.29 is 0 Å². The summed E-state index contributed by atoms with van der Waals surface area (Å²) in [4.78, 5) is 10.6. The van der Waals surface area contributed by atoms with E-state index in [2.05, 4.69) is 47.1 Å². The van der Waals surface area contributed by atoms with Crippen LogP contribution < -0.4 is 0 Å². The van der Waals surface area contributed by atoms with Crippen LogP contribution in [-0.2, 0) is 6.54 Å². The lowest BCUT2D eigenvalue weighted by Gasteiger charge is -2.15. The maximum absolute atomic E-state index is 9.02. The zero-order valence-electron chi connectivity index (χ0n) is 13.8. The molecule has 4 nitrogen and oxygen atoms in total. The first-order valence-electron chi connectivity index (χ1n) is 8.39. The lowest BCUT2D eigenvalue weighted by molar-refractivity contribution is 0.326. The van der Waals surface area contributed by atoms with E-state index < -0.39 is 0 Å². The predicted octanol–water partition coefficient (Wildman–Crippen LogP) is 3.73. The molecule has 0 bridgehead atoms. The van der Waals surface area contributed by atoms with Gasteiger partial charge in [-0.05, 0) is 43.7 Å². The second kappa shape index (κ2) is 6.10. The van der Waals surface area contributed by atoms with Crippen molar-refractivity contribution in [3.63, 3.8) is 0 Å². The zero-order valence-corrected chi connectivity index (χ0v) is 13.8. The molecule has 1 aliphatic rings. The van der Waals surface area contributed by atoms with Gasteiger partial charge >= 0.3 is 0 Å². The monoisotopic (exact) mass is 316 g/mol. The van der Waals surface area contributed by atoms with Gasteiger partial charge in [0.2, 0.25) is 0 Å². The highest BCUT2D eigenvalue weighted by Crippen LogP contribution is 2.28. The molecule has 1 aliphatic heterocycles. The Morgan fingerprint density at radius 3 is 2.88 bits per heavy atom. The first-order valence-corrected chi connectivity index (χ1v) is 8.39. The van der Waals surface area contributed by atoms with E-state index in [-0.39, 0.29) is 0 Å². The molecule has 0 radical (unpaired) electrons. The summed E-state index contributed by atoms with van der Waals surface area (Å²) in [6.07, 6.45) is 1.12. The molecule has 3 aromatic rings. The molecule has 1 fully saturated rings. The molecule has 4 heteroatoms. The van der Waals surface area contributed by atoms with Gasteiger partial charge in [0, 0.05) is 19.0 Å². The summed E-state index contributed by atoms with van der Waals surface area (Å²) < 4.78 is 0. The van der Waals surface area contributed by atoms with Crippen LogP contribution in [0, 0.1) is 18.3 Å². The first kappa shape index (κ1) is 14.9. The quantitative estimate of drug-likeness (QED) is 0.801. The molecule has 1 saturated heterocycles. The lowest BCUT2D eigenvalue weighted by Crippen LogP contribution is -2.19. The average Bonchev–Trinajstić information content (AvgIpc) is 3.22. The summed E-state index contributed by atoms with van der Waals surface area (Å²) in [6.45, 7) is 5.24. The van der Waals surface area contributed by atoms with Gasteiger partial charge in [-0.1, -0.05) is 29.8 Å². The minimum absolute atomic E-state index is 0.438. The third-order valence-electron chi connectivity index (χ3n) is 4.82. The van der Waals surface area contributed by atoms with Crippen molar-refractivity contribution in [3.8, 4) is 6.07 Å². The number of hydrogen-bond donors (Lipinski definition) is 1. The normalized spacial score (nSPS) is 18.1. The number of fused-ring (bicyclic) bond motifs is 1. The maximum Gasteiger partial charge on any atom is 0.111 e. The van der Waals surface area contributed by atoms with Crippen LogP contribution in [0.1, 0.15) is 34.9 Å². The topological polar surface area (TPSA) is 55.7 Å². The van der Waals surface area contributed by atoms with Crippen LogP contribution >= 0.6 is 0 Å². The van der Waals surface area contributed by atoms with Gasteiger partial charge in [-0.3, -0.25) is 4.90 Å². The van der Waals surface area contributed by atoms with Crippen LogP contribution in [0.4, 0.5) is 0 Å². The summed E-state index contributed by atoms with van der Waals surface area (Å²) in [5.41, 5.74) is 5.24. The van der Waals surface area contributed by atoms with Crippen molar-refractivity contribution in [2.75, 3.05) is 13.1 Å². The lowest BCUT2D eigenvalue weighted by atomic mass is 10.1. The van der Waals surface area contributed by atoms with E-state index in [0.29, 0.717) is 11.5 Å². The summed E-state index contributed by atoms with van der Waals surface area (Å²) in [6, 6.07) is 16.6. The molecule has 1 N–H and O–H groups in total. The van der Waals surface area contributed by atoms with Gasteiger partial charge in [-0.15, -0.1) is 0 Å². The number of nitrogens with one attached hydrogen (secondary N) is 1. The van der Waals surface area contributed by atoms with Crippen molar-refractivity contribution in [1.29, 1.82) is 5.26 Å². The van der Waals surface area contributed by atoms with Crippen molar-refractivity contribution in [2.24, 2.45) is 0 Å². The number of aryl methyl sites for hydroxylation is 1. The van der Waals surface area contributed by atoms with Crippen molar-refractivity contribution >= 4 is 11.0 Å². The Kier molecular flexibility index (Phi) is 3.79. The van der Waals surface area contributed by atoms with Crippen molar-refractivity contribution in [3.05, 3.63) is 65.0 Å². The third kappa shape index (κ3) is 2.91. The van der Waals surface area contributed by atoms with Crippen LogP contribution in [0.5, 0.6) is 0 Å². The number of benzene rings is 2. The molecule has 120 valence electrons. The summed E-state index contributed by atoms with van der Waals surface area (Å²) in [7, 11) is 0. The molecule has 1 aromatic heterocycles. The van der Waals surface area contributed by atoms with Crippen LogP contribution in [-0.4, -0.2) is 28.0 Å². The SMILES string of the molecule is Cc1ccc(CN2CC[C@H](c3nc4ccc(C#N)cc4[nH]3)C2)cc1. The van der Waals surface area contributed by atoms with Gasteiger partial charge in [0.1, 0.15) is 5.82 Å². The van der Waals surface area contributed by atoms with Crippen LogP contribution in [0.2, 0.25) is 0 Å². The average molecular weight is 316 g/mol. The van der Waals surface area contributed by atoms with E-state index in [0.717, 1.165) is 42.9 Å². The Morgan fingerprint density at radius 1 is 1.25 bits per heavy atom. The molecule has 1 atom stereocenters. The second-order valence-corrected chi connectivity index (χ2v) is 6.67.